The monoisotopic (exact) mass is 252 g/mol. The highest BCUT2D eigenvalue weighted by Crippen LogP contribution is 2.23. The Morgan fingerprint density at radius 2 is 2.28 bits per heavy atom. The highest BCUT2D eigenvalue weighted by atomic mass is 16.5. The molecule has 1 aromatic carbocycles. The molecule has 0 bridgehead atoms. The quantitative estimate of drug-likeness (QED) is 0.527. The molecular formula is C13H20N2O3. The van der Waals surface area contributed by atoms with E-state index in [4.69, 9.17) is 10.5 Å². The van der Waals surface area contributed by atoms with Crippen LogP contribution in [0.1, 0.15) is 18.4 Å². The minimum atomic E-state index is -0.597. The number of rotatable bonds is 6. The van der Waals surface area contributed by atoms with Gasteiger partial charge in [0, 0.05) is 13.7 Å². The molecule has 1 unspecified atom stereocenters. The fourth-order valence-electron chi connectivity index (χ4n) is 1.55. The van der Waals surface area contributed by atoms with Crippen molar-refractivity contribution in [3.63, 3.8) is 0 Å². The zero-order valence-electron chi connectivity index (χ0n) is 10.8. The summed E-state index contributed by atoms with van der Waals surface area (Å²) in [5.41, 5.74) is 7.09. The molecule has 0 aliphatic heterocycles. The van der Waals surface area contributed by atoms with Gasteiger partial charge in [-0.05, 0) is 37.5 Å². The van der Waals surface area contributed by atoms with E-state index in [-0.39, 0.29) is 11.7 Å². The summed E-state index contributed by atoms with van der Waals surface area (Å²) in [4.78, 5) is 11.8. The number of nitrogens with two attached hydrogens (primary N) is 1. The van der Waals surface area contributed by atoms with Crippen LogP contribution < -0.4 is 11.1 Å². The summed E-state index contributed by atoms with van der Waals surface area (Å²) in [6.07, 6.45) is 1.27. The van der Waals surface area contributed by atoms with Gasteiger partial charge in [0.2, 0.25) is 5.91 Å². The second kappa shape index (κ2) is 6.98. The molecule has 0 aliphatic rings. The molecule has 0 aliphatic carbocycles. The summed E-state index contributed by atoms with van der Waals surface area (Å²) in [5, 5.41) is 12.2. The predicted molar refractivity (Wildman–Crippen MR) is 70.6 cm³/mol. The Labute approximate surface area is 107 Å². The van der Waals surface area contributed by atoms with Gasteiger partial charge in [0.25, 0.3) is 0 Å². The lowest BCUT2D eigenvalue weighted by Crippen LogP contribution is -2.35. The van der Waals surface area contributed by atoms with Crippen molar-refractivity contribution in [1.82, 2.24) is 0 Å². The van der Waals surface area contributed by atoms with Gasteiger partial charge < -0.3 is 20.9 Å². The third-order valence-electron chi connectivity index (χ3n) is 2.61. The van der Waals surface area contributed by atoms with Crippen molar-refractivity contribution in [1.29, 1.82) is 0 Å². The van der Waals surface area contributed by atoms with Crippen molar-refractivity contribution in [2.24, 2.45) is 5.73 Å². The fourth-order valence-corrected chi connectivity index (χ4v) is 1.55. The second-order valence-electron chi connectivity index (χ2n) is 4.25. The SMILES string of the molecule is COCCCC(N)C(=O)Nc1cc(C)ccc1O. The van der Waals surface area contributed by atoms with Crippen LogP contribution in [0.4, 0.5) is 5.69 Å². The topological polar surface area (TPSA) is 84.6 Å². The van der Waals surface area contributed by atoms with E-state index in [1.807, 2.05) is 6.92 Å². The summed E-state index contributed by atoms with van der Waals surface area (Å²) in [6, 6.07) is 4.42. The number of aryl methyl sites for hydroxylation is 1. The molecule has 1 amide bonds. The van der Waals surface area contributed by atoms with E-state index in [0.717, 1.165) is 12.0 Å². The van der Waals surface area contributed by atoms with Gasteiger partial charge in [-0.1, -0.05) is 6.07 Å². The average molecular weight is 252 g/mol. The standard InChI is InChI=1S/C13H20N2O3/c1-9-5-6-12(16)11(8-9)15-13(17)10(14)4-3-7-18-2/h5-6,8,10,16H,3-4,7,14H2,1-2H3,(H,15,17). The van der Waals surface area contributed by atoms with Crippen LogP contribution in [0.15, 0.2) is 18.2 Å². The summed E-state index contributed by atoms with van der Waals surface area (Å²) >= 11 is 0. The van der Waals surface area contributed by atoms with E-state index < -0.39 is 6.04 Å². The molecule has 0 heterocycles. The highest BCUT2D eigenvalue weighted by molar-refractivity contribution is 5.95. The zero-order chi connectivity index (χ0) is 13.5. The highest BCUT2D eigenvalue weighted by Gasteiger charge is 2.14. The molecule has 1 rings (SSSR count). The number of ether oxygens (including phenoxy) is 1. The van der Waals surface area contributed by atoms with Crippen LogP contribution in [0.25, 0.3) is 0 Å². The van der Waals surface area contributed by atoms with Crippen LogP contribution in [0.3, 0.4) is 0 Å². The Hall–Kier alpha value is -1.59. The van der Waals surface area contributed by atoms with Crippen molar-refractivity contribution in [2.75, 3.05) is 19.0 Å². The molecule has 0 spiro atoms. The molecule has 5 heteroatoms. The van der Waals surface area contributed by atoms with Gasteiger partial charge >= 0.3 is 0 Å². The Morgan fingerprint density at radius 3 is 2.94 bits per heavy atom. The van der Waals surface area contributed by atoms with Crippen LogP contribution in [-0.4, -0.2) is 30.8 Å². The van der Waals surface area contributed by atoms with Crippen molar-refractivity contribution in [2.45, 2.75) is 25.8 Å². The summed E-state index contributed by atoms with van der Waals surface area (Å²) in [5.74, 6) is -0.259. The lowest BCUT2D eigenvalue weighted by molar-refractivity contribution is -0.117. The van der Waals surface area contributed by atoms with Gasteiger partial charge in [0.05, 0.1) is 11.7 Å². The number of hydrogen-bond donors (Lipinski definition) is 3. The van der Waals surface area contributed by atoms with Crippen molar-refractivity contribution in [3.8, 4) is 5.75 Å². The maximum atomic E-state index is 11.8. The van der Waals surface area contributed by atoms with E-state index in [1.165, 1.54) is 0 Å². The van der Waals surface area contributed by atoms with Crippen LogP contribution in [0.5, 0.6) is 5.75 Å². The summed E-state index contributed by atoms with van der Waals surface area (Å²) in [7, 11) is 1.61. The van der Waals surface area contributed by atoms with Crippen molar-refractivity contribution >= 4 is 11.6 Å². The lowest BCUT2D eigenvalue weighted by Gasteiger charge is -2.13. The maximum Gasteiger partial charge on any atom is 0.241 e. The number of anilines is 1. The molecule has 0 fully saturated rings. The van der Waals surface area contributed by atoms with E-state index in [9.17, 15) is 9.90 Å². The van der Waals surface area contributed by atoms with Crippen LogP contribution in [-0.2, 0) is 9.53 Å². The Bertz CT molecular complexity index is 407. The molecule has 100 valence electrons. The van der Waals surface area contributed by atoms with Gasteiger partial charge in [-0.2, -0.15) is 0 Å². The smallest absolute Gasteiger partial charge is 0.241 e. The molecular weight excluding hydrogens is 232 g/mol. The molecule has 0 saturated carbocycles. The molecule has 0 radical (unpaired) electrons. The second-order valence-corrected chi connectivity index (χ2v) is 4.25. The Balaban J connectivity index is 2.55. The van der Waals surface area contributed by atoms with Gasteiger partial charge in [-0.25, -0.2) is 0 Å². The normalized spacial score (nSPS) is 12.2. The minimum Gasteiger partial charge on any atom is -0.506 e. The molecule has 1 atom stereocenters. The van der Waals surface area contributed by atoms with Crippen molar-refractivity contribution in [3.05, 3.63) is 23.8 Å². The van der Waals surface area contributed by atoms with Crippen LogP contribution in [0.2, 0.25) is 0 Å². The molecule has 0 aromatic heterocycles. The van der Waals surface area contributed by atoms with Crippen molar-refractivity contribution < 1.29 is 14.6 Å². The first kappa shape index (κ1) is 14.5. The first-order chi connectivity index (χ1) is 8.54. The first-order valence-corrected chi connectivity index (χ1v) is 5.89. The van der Waals surface area contributed by atoms with E-state index >= 15 is 0 Å². The van der Waals surface area contributed by atoms with Crippen LogP contribution >= 0.6 is 0 Å². The third kappa shape index (κ3) is 4.35. The average Bonchev–Trinajstić information content (AvgIpc) is 2.34. The number of amides is 1. The Morgan fingerprint density at radius 1 is 1.56 bits per heavy atom. The van der Waals surface area contributed by atoms with Gasteiger partial charge in [0.15, 0.2) is 0 Å². The van der Waals surface area contributed by atoms with Crippen LogP contribution in [0, 0.1) is 6.92 Å². The summed E-state index contributed by atoms with van der Waals surface area (Å²) < 4.78 is 4.90. The predicted octanol–water partition coefficient (Wildman–Crippen LogP) is 1.39. The minimum absolute atomic E-state index is 0.0399. The fraction of sp³-hybridized carbons (Fsp3) is 0.462. The number of nitrogens with one attached hydrogen (secondary N) is 1. The first-order valence-electron chi connectivity index (χ1n) is 5.89. The molecule has 0 saturated heterocycles. The number of phenols is 1. The Kier molecular flexibility index (Phi) is 5.61. The molecule has 1 aromatic rings. The van der Waals surface area contributed by atoms with E-state index in [2.05, 4.69) is 5.32 Å². The number of carbonyl (C=O) groups is 1. The molecule has 18 heavy (non-hydrogen) atoms. The third-order valence-corrected chi connectivity index (χ3v) is 2.61. The largest absolute Gasteiger partial charge is 0.506 e. The number of aromatic hydroxyl groups is 1. The molecule has 5 nitrogen and oxygen atoms in total. The number of carbonyl (C=O) groups excluding carboxylic acids is 1. The zero-order valence-corrected chi connectivity index (χ0v) is 10.8. The van der Waals surface area contributed by atoms with E-state index in [1.54, 1.807) is 25.3 Å². The number of benzene rings is 1. The molecule has 4 N–H and O–H groups in total. The van der Waals surface area contributed by atoms with Gasteiger partial charge in [0.1, 0.15) is 5.75 Å². The number of hydrogen-bond acceptors (Lipinski definition) is 4. The lowest BCUT2D eigenvalue weighted by atomic mass is 10.1. The number of phenolic OH excluding ortho intramolecular Hbond substituents is 1. The summed E-state index contributed by atoms with van der Waals surface area (Å²) in [6.45, 7) is 2.46. The van der Waals surface area contributed by atoms with Gasteiger partial charge in [-0.3, -0.25) is 4.79 Å². The van der Waals surface area contributed by atoms with Gasteiger partial charge in [-0.15, -0.1) is 0 Å². The maximum absolute atomic E-state index is 11.8. The number of methoxy groups -OCH3 is 1. The van der Waals surface area contributed by atoms with E-state index in [0.29, 0.717) is 18.7 Å².